The maximum absolute atomic E-state index is 13.4. The van der Waals surface area contributed by atoms with Crippen molar-refractivity contribution in [1.29, 1.82) is 5.26 Å². The number of nitriles is 1. The summed E-state index contributed by atoms with van der Waals surface area (Å²) in [5, 5.41) is 8.57. The molecule has 0 aromatic heterocycles. The van der Waals surface area contributed by atoms with Crippen molar-refractivity contribution in [3.8, 4) is 11.8 Å². The molecule has 0 heterocycles. The summed E-state index contributed by atoms with van der Waals surface area (Å²) in [4.78, 5) is 11.0. The highest BCUT2D eigenvalue weighted by Crippen LogP contribution is 2.24. The summed E-state index contributed by atoms with van der Waals surface area (Å²) in [7, 11) is 0. The number of carbonyl (C=O) groups excluding carboxylic acids is 1. The fourth-order valence-corrected chi connectivity index (χ4v) is 1.10. The van der Waals surface area contributed by atoms with Crippen LogP contribution >= 0.6 is 0 Å². The normalized spacial score (nSPS) is 10.0. The molecule has 0 amide bonds. The van der Waals surface area contributed by atoms with Crippen LogP contribution in [0.2, 0.25) is 0 Å². The van der Waals surface area contributed by atoms with Crippen LogP contribution in [0.15, 0.2) is 12.1 Å². The van der Waals surface area contributed by atoms with Crippen molar-refractivity contribution in [2.75, 3.05) is 0 Å². The van der Waals surface area contributed by atoms with Crippen LogP contribution in [0.4, 0.5) is 13.2 Å². The molecule has 0 aliphatic carbocycles. The third-order valence-corrected chi connectivity index (χ3v) is 1.76. The van der Waals surface area contributed by atoms with Gasteiger partial charge in [0.25, 0.3) is 0 Å². The minimum atomic E-state index is -3.22. The number of ketones is 1. The molecule has 1 aromatic rings. The van der Waals surface area contributed by atoms with Gasteiger partial charge in [0.2, 0.25) is 0 Å². The van der Waals surface area contributed by atoms with Crippen LogP contribution in [0, 0.1) is 17.1 Å². The van der Waals surface area contributed by atoms with Crippen LogP contribution in [0.5, 0.6) is 5.75 Å². The Labute approximate surface area is 89.1 Å². The van der Waals surface area contributed by atoms with E-state index in [0.29, 0.717) is 0 Å². The van der Waals surface area contributed by atoms with E-state index in [-0.39, 0.29) is 5.56 Å². The molecule has 1 rings (SSSR count). The Hall–Kier alpha value is -2.03. The van der Waals surface area contributed by atoms with Crippen LogP contribution in [-0.2, 0) is 0 Å². The van der Waals surface area contributed by atoms with Crippen LogP contribution < -0.4 is 4.74 Å². The maximum Gasteiger partial charge on any atom is 0.387 e. The van der Waals surface area contributed by atoms with E-state index in [9.17, 15) is 18.0 Å². The summed E-state index contributed by atoms with van der Waals surface area (Å²) in [5.74, 6) is -2.67. The molecule has 0 N–H and O–H groups in total. The number of nitrogens with zero attached hydrogens (tertiary/aromatic N) is 1. The van der Waals surface area contributed by atoms with Crippen molar-refractivity contribution in [3.05, 3.63) is 29.1 Å². The Balaban J connectivity index is 3.32. The van der Waals surface area contributed by atoms with Crippen LogP contribution in [0.1, 0.15) is 22.8 Å². The third-order valence-electron chi connectivity index (χ3n) is 1.76. The Kier molecular flexibility index (Phi) is 3.51. The molecule has 0 aliphatic rings. The summed E-state index contributed by atoms with van der Waals surface area (Å²) >= 11 is 0. The fourth-order valence-electron chi connectivity index (χ4n) is 1.10. The molecule has 16 heavy (non-hydrogen) atoms. The quantitative estimate of drug-likeness (QED) is 0.748. The first-order valence-corrected chi connectivity index (χ1v) is 4.15. The lowest BCUT2D eigenvalue weighted by atomic mass is 10.1. The fraction of sp³-hybridized carbons (Fsp3) is 0.200. The zero-order chi connectivity index (χ0) is 12.3. The molecule has 1 aromatic carbocycles. The van der Waals surface area contributed by atoms with Gasteiger partial charge in [0.15, 0.2) is 17.3 Å². The summed E-state index contributed by atoms with van der Waals surface area (Å²) in [5.41, 5.74) is -0.572. The van der Waals surface area contributed by atoms with Crippen molar-refractivity contribution in [1.82, 2.24) is 0 Å². The van der Waals surface area contributed by atoms with Gasteiger partial charge in [-0.25, -0.2) is 4.39 Å². The van der Waals surface area contributed by atoms with Gasteiger partial charge in [-0.05, 0) is 13.0 Å². The monoisotopic (exact) mass is 229 g/mol. The summed E-state index contributed by atoms with van der Waals surface area (Å²) in [6, 6.07) is 3.41. The molecule has 0 unspecified atom stereocenters. The lowest BCUT2D eigenvalue weighted by Gasteiger charge is -2.08. The summed E-state index contributed by atoms with van der Waals surface area (Å²) in [6.07, 6.45) is 0. The second-order valence-corrected chi connectivity index (χ2v) is 2.88. The van der Waals surface area contributed by atoms with Gasteiger partial charge >= 0.3 is 6.61 Å². The average molecular weight is 229 g/mol. The molecule has 0 saturated heterocycles. The van der Waals surface area contributed by atoms with E-state index < -0.39 is 29.5 Å². The summed E-state index contributed by atoms with van der Waals surface area (Å²) in [6.45, 7) is -2.16. The van der Waals surface area contributed by atoms with E-state index in [4.69, 9.17) is 5.26 Å². The van der Waals surface area contributed by atoms with E-state index in [1.54, 1.807) is 6.07 Å². The van der Waals surface area contributed by atoms with Gasteiger partial charge < -0.3 is 4.74 Å². The highest BCUT2D eigenvalue weighted by atomic mass is 19.3. The van der Waals surface area contributed by atoms with Gasteiger partial charge in [-0.15, -0.1) is 0 Å². The van der Waals surface area contributed by atoms with Crippen LogP contribution in [-0.4, -0.2) is 12.4 Å². The number of benzene rings is 1. The second-order valence-electron chi connectivity index (χ2n) is 2.88. The molecule has 0 bridgehead atoms. The Bertz CT molecular complexity index is 466. The van der Waals surface area contributed by atoms with Gasteiger partial charge in [0, 0.05) is 6.07 Å². The minimum absolute atomic E-state index is 0.123. The molecule has 84 valence electrons. The molecule has 0 saturated carbocycles. The largest absolute Gasteiger partial charge is 0.432 e. The Morgan fingerprint density at radius 2 is 2.12 bits per heavy atom. The van der Waals surface area contributed by atoms with Crippen molar-refractivity contribution in [2.24, 2.45) is 0 Å². The van der Waals surface area contributed by atoms with Crippen molar-refractivity contribution < 1.29 is 22.7 Å². The lowest BCUT2D eigenvalue weighted by molar-refractivity contribution is -0.0522. The molecule has 3 nitrogen and oxygen atoms in total. The number of halogens is 3. The SMILES string of the molecule is CC(=O)c1cc(C#N)cc(OC(F)F)c1F. The number of hydrogen-bond acceptors (Lipinski definition) is 3. The highest BCUT2D eigenvalue weighted by Gasteiger charge is 2.17. The summed E-state index contributed by atoms with van der Waals surface area (Å²) < 4.78 is 41.1. The van der Waals surface area contributed by atoms with Gasteiger partial charge in [0.1, 0.15) is 0 Å². The van der Waals surface area contributed by atoms with Gasteiger partial charge in [-0.2, -0.15) is 14.0 Å². The molecule has 6 heteroatoms. The van der Waals surface area contributed by atoms with E-state index in [1.165, 1.54) is 0 Å². The minimum Gasteiger partial charge on any atom is -0.432 e. The van der Waals surface area contributed by atoms with Gasteiger partial charge in [-0.1, -0.05) is 0 Å². The zero-order valence-corrected chi connectivity index (χ0v) is 8.13. The standard InChI is InChI=1S/C10H6F3NO2/c1-5(15)7-2-6(4-14)3-8(9(7)11)16-10(12)13/h2-3,10H,1H3. The number of ether oxygens (including phenoxy) is 1. The molecule has 0 spiro atoms. The van der Waals surface area contributed by atoms with E-state index >= 15 is 0 Å². The van der Waals surface area contributed by atoms with Crippen LogP contribution in [0.3, 0.4) is 0 Å². The average Bonchev–Trinajstić information content (AvgIpc) is 2.19. The van der Waals surface area contributed by atoms with Crippen LogP contribution in [0.25, 0.3) is 0 Å². The molecule has 0 aliphatic heterocycles. The van der Waals surface area contributed by atoms with Crippen molar-refractivity contribution in [2.45, 2.75) is 13.5 Å². The predicted molar refractivity (Wildman–Crippen MR) is 47.8 cm³/mol. The first kappa shape index (κ1) is 12.0. The van der Waals surface area contributed by atoms with E-state index in [1.807, 2.05) is 0 Å². The zero-order valence-electron chi connectivity index (χ0n) is 8.13. The smallest absolute Gasteiger partial charge is 0.387 e. The molecule has 0 radical (unpaired) electrons. The number of rotatable bonds is 3. The highest BCUT2D eigenvalue weighted by molar-refractivity contribution is 5.95. The van der Waals surface area contributed by atoms with Crippen molar-refractivity contribution in [3.63, 3.8) is 0 Å². The number of hydrogen-bond donors (Lipinski definition) is 0. The van der Waals surface area contributed by atoms with Gasteiger partial charge in [-0.3, -0.25) is 4.79 Å². The second kappa shape index (κ2) is 4.66. The Morgan fingerprint density at radius 1 is 1.50 bits per heavy atom. The predicted octanol–water partition coefficient (Wildman–Crippen LogP) is 2.50. The number of carbonyl (C=O) groups is 1. The van der Waals surface area contributed by atoms with E-state index in [2.05, 4.69) is 4.74 Å². The topological polar surface area (TPSA) is 50.1 Å². The van der Waals surface area contributed by atoms with Gasteiger partial charge in [0.05, 0.1) is 17.2 Å². The number of Topliss-reactive ketones (excluding diaryl/α,β-unsaturated/α-hetero) is 1. The molecular formula is C10H6F3NO2. The van der Waals surface area contributed by atoms with E-state index in [0.717, 1.165) is 19.1 Å². The first-order chi connectivity index (χ1) is 7.45. The molecular weight excluding hydrogens is 223 g/mol. The van der Waals surface area contributed by atoms with Crippen molar-refractivity contribution >= 4 is 5.78 Å². The number of alkyl halides is 2. The molecule has 0 fully saturated rings. The molecule has 0 atom stereocenters. The Morgan fingerprint density at radius 3 is 2.56 bits per heavy atom. The lowest BCUT2D eigenvalue weighted by Crippen LogP contribution is -2.07. The first-order valence-electron chi connectivity index (χ1n) is 4.15. The maximum atomic E-state index is 13.4. The third kappa shape index (κ3) is 2.51.